The Bertz CT molecular complexity index is 1170. The lowest BCUT2D eigenvalue weighted by Crippen LogP contribution is -2.19. The van der Waals surface area contributed by atoms with Gasteiger partial charge in [0.2, 0.25) is 5.82 Å². The van der Waals surface area contributed by atoms with Crippen LogP contribution in [0.5, 0.6) is 5.75 Å². The summed E-state index contributed by atoms with van der Waals surface area (Å²) in [6.45, 7) is 1.99. The molecule has 0 radical (unpaired) electrons. The fourth-order valence-corrected chi connectivity index (χ4v) is 2.94. The number of carbonyl (C=O) groups is 1. The molecular weight excluding hydrogens is 380 g/mol. The molecule has 30 heavy (non-hydrogen) atoms. The topological polar surface area (TPSA) is 89.3 Å². The molecular formula is C23H20N4O3. The number of methoxy groups -OCH3 is 1. The molecule has 0 spiro atoms. The third-order valence-electron chi connectivity index (χ3n) is 4.45. The summed E-state index contributed by atoms with van der Waals surface area (Å²) in [5.74, 6) is 1.42. The molecule has 150 valence electrons. The van der Waals surface area contributed by atoms with Gasteiger partial charge in [0.15, 0.2) is 0 Å². The van der Waals surface area contributed by atoms with Crippen molar-refractivity contribution in [3.05, 3.63) is 78.4 Å². The van der Waals surface area contributed by atoms with E-state index in [1.54, 1.807) is 19.2 Å². The predicted molar refractivity (Wildman–Crippen MR) is 116 cm³/mol. The van der Waals surface area contributed by atoms with Crippen LogP contribution in [0.4, 0.5) is 16.2 Å². The molecule has 0 aliphatic carbocycles. The van der Waals surface area contributed by atoms with Crippen molar-refractivity contribution in [3.63, 3.8) is 0 Å². The molecule has 1 heterocycles. The van der Waals surface area contributed by atoms with Crippen LogP contribution in [0.2, 0.25) is 0 Å². The van der Waals surface area contributed by atoms with Gasteiger partial charge in [0.1, 0.15) is 5.75 Å². The van der Waals surface area contributed by atoms with E-state index in [4.69, 9.17) is 9.26 Å². The van der Waals surface area contributed by atoms with Crippen molar-refractivity contribution < 1.29 is 14.1 Å². The summed E-state index contributed by atoms with van der Waals surface area (Å²) < 4.78 is 10.8. The van der Waals surface area contributed by atoms with Gasteiger partial charge in [-0.2, -0.15) is 4.98 Å². The van der Waals surface area contributed by atoms with Crippen LogP contribution in [0.15, 0.2) is 77.3 Å². The van der Waals surface area contributed by atoms with Gasteiger partial charge < -0.3 is 19.9 Å². The number of amides is 2. The van der Waals surface area contributed by atoms with Gasteiger partial charge in [-0.25, -0.2) is 4.79 Å². The largest absolute Gasteiger partial charge is 0.496 e. The van der Waals surface area contributed by atoms with Crippen molar-refractivity contribution in [3.8, 4) is 28.6 Å². The SMILES string of the molecule is COc1ccccc1-c1nc(-c2cccc(NC(=O)Nc3ccc(C)cc3)c2)no1. The van der Waals surface area contributed by atoms with Crippen molar-refractivity contribution in [2.45, 2.75) is 6.92 Å². The number of rotatable bonds is 5. The number of hydrogen-bond acceptors (Lipinski definition) is 5. The molecule has 0 bridgehead atoms. The molecule has 7 nitrogen and oxygen atoms in total. The molecule has 4 rings (SSSR count). The van der Waals surface area contributed by atoms with Gasteiger partial charge in [-0.1, -0.05) is 47.1 Å². The first-order valence-electron chi connectivity index (χ1n) is 9.34. The highest BCUT2D eigenvalue weighted by Crippen LogP contribution is 2.30. The third-order valence-corrected chi connectivity index (χ3v) is 4.45. The summed E-state index contributed by atoms with van der Waals surface area (Å²) in [6.07, 6.45) is 0. The molecule has 0 atom stereocenters. The second-order valence-corrected chi connectivity index (χ2v) is 6.65. The monoisotopic (exact) mass is 400 g/mol. The maximum atomic E-state index is 12.3. The van der Waals surface area contributed by atoms with E-state index in [9.17, 15) is 4.79 Å². The number of carbonyl (C=O) groups excluding carboxylic acids is 1. The summed E-state index contributed by atoms with van der Waals surface area (Å²) in [5.41, 5.74) is 3.88. The molecule has 2 amide bonds. The van der Waals surface area contributed by atoms with Crippen molar-refractivity contribution in [1.29, 1.82) is 0 Å². The van der Waals surface area contributed by atoms with E-state index in [1.165, 1.54) is 0 Å². The Morgan fingerprint density at radius 3 is 2.50 bits per heavy atom. The Morgan fingerprint density at radius 1 is 0.933 bits per heavy atom. The molecule has 2 N–H and O–H groups in total. The summed E-state index contributed by atoms with van der Waals surface area (Å²) in [4.78, 5) is 16.8. The first-order valence-corrected chi connectivity index (χ1v) is 9.34. The smallest absolute Gasteiger partial charge is 0.323 e. The molecule has 0 unspecified atom stereocenters. The molecule has 4 aromatic rings. The maximum absolute atomic E-state index is 12.3. The van der Waals surface area contributed by atoms with Crippen LogP contribution in [0.3, 0.4) is 0 Å². The Hall–Kier alpha value is -4.13. The van der Waals surface area contributed by atoms with Crippen molar-refractivity contribution >= 4 is 17.4 Å². The Labute approximate surface area is 173 Å². The van der Waals surface area contributed by atoms with Crippen LogP contribution in [-0.2, 0) is 0 Å². The third kappa shape index (κ3) is 4.30. The van der Waals surface area contributed by atoms with Crippen LogP contribution in [0, 0.1) is 6.92 Å². The standard InChI is InChI=1S/C23H20N4O3/c1-15-10-12-17(13-11-15)24-23(28)25-18-7-5-6-16(14-18)21-26-22(30-27-21)19-8-3-4-9-20(19)29-2/h3-14H,1-2H3,(H2,24,25,28). The lowest BCUT2D eigenvalue weighted by molar-refractivity contribution is 0.262. The van der Waals surface area contributed by atoms with E-state index < -0.39 is 0 Å². The molecule has 0 saturated carbocycles. The van der Waals surface area contributed by atoms with E-state index in [-0.39, 0.29) is 6.03 Å². The first-order chi connectivity index (χ1) is 14.6. The lowest BCUT2D eigenvalue weighted by atomic mass is 10.2. The number of benzene rings is 3. The number of para-hydroxylation sites is 1. The van der Waals surface area contributed by atoms with Crippen LogP contribution in [-0.4, -0.2) is 23.3 Å². The van der Waals surface area contributed by atoms with E-state index in [1.807, 2.05) is 67.6 Å². The Kier molecular flexibility index (Phi) is 5.43. The van der Waals surface area contributed by atoms with Gasteiger partial charge in [-0.15, -0.1) is 0 Å². The summed E-state index contributed by atoms with van der Waals surface area (Å²) in [6, 6.07) is 21.9. The number of aromatic nitrogens is 2. The van der Waals surface area contributed by atoms with E-state index in [0.29, 0.717) is 40.0 Å². The summed E-state index contributed by atoms with van der Waals surface area (Å²) in [7, 11) is 1.59. The lowest BCUT2D eigenvalue weighted by Gasteiger charge is -2.08. The van der Waals surface area contributed by atoms with Gasteiger partial charge in [0.05, 0.1) is 12.7 Å². The summed E-state index contributed by atoms with van der Waals surface area (Å²) >= 11 is 0. The molecule has 0 fully saturated rings. The highest BCUT2D eigenvalue weighted by molar-refractivity contribution is 6.00. The van der Waals surface area contributed by atoms with Gasteiger partial charge >= 0.3 is 6.03 Å². The fourth-order valence-electron chi connectivity index (χ4n) is 2.94. The van der Waals surface area contributed by atoms with Gasteiger partial charge in [-0.3, -0.25) is 0 Å². The zero-order chi connectivity index (χ0) is 20.9. The molecule has 3 aromatic carbocycles. The second-order valence-electron chi connectivity index (χ2n) is 6.65. The first kappa shape index (κ1) is 19.2. The van der Waals surface area contributed by atoms with Crippen LogP contribution >= 0.6 is 0 Å². The number of anilines is 2. The number of urea groups is 1. The number of nitrogens with one attached hydrogen (secondary N) is 2. The zero-order valence-electron chi connectivity index (χ0n) is 16.5. The molecule has 7 heteroatoms. The minimum Gasteiger partial charge on any atom is -0.496 e. The maximum Gasteiger partial charge on any atom is 0.323 e. The van der Waals surface area contributed by atoms with E-state index in [0.717, 1.165) is 5.56 Å². The van der Waals surface area contributed by atoms with Crippen molar-refractivity contribution in [2.75, 3.05) is 17.7 Å². The minimum absolute atomic E-state index is 0.334. The fraction of sp³-hybridized carbons (Fsp3) is 0.0870. The normalized spacial score (nSPS) is 10.5. The molecule has 0 aliphatic heterocycles. The van der Waals surface area contributed by atoms with E-state index in [2.05, 4.69) is 20.8 Å². The average Bonchev–Trinajstić information content (AvgIpc) is 3.26. The molecule has 0 saturated heterocycles. The Morgan fingerprint density at radius 2 is 1.70 bits per heavy atom. The van der Waals surface area contributed by atoms with Gasteiger partial charge in [0.25, 0.3) is 5.89 Å². The van der Waals surface area contributed by atoms with Crippen LogP contribution < -0.4 is 15.4 Å². The van der Waals surface area contributed by atoms with Gasteiger partial charge in [0, 0.05) is 16.9 Å². The predicted octanol–water partition coefficient (Wildman–Crippen LogP) is 5.36. The van der Waals surface area contributed by atoms with Crippen molar-refractivity contribution in [1.82, 2.24) is 10.1 Å². The Balaban J connectivity index is 1.50. The average molecular weight is 400 g/mol. The van der Waals surface area contributed by atoms with Crippen molar-refractivity contribution in [2.24, 2.45) is 0 Å². The summed E-state index contributed by atoms with van der Waals surface area (Å²) in [5, 5.41) is 9.68. The van der Waals surface area contributed by atoms with Crippen LogP contribution in [0.1, 0.15) is 5.56 Å². The second kappa shape index (κ2) is 8.48. The quantitative estimate of drug-likeness (QED) is 0.470. The molecule has 0 aliphatic rings. The van der Waals surface area contributed by atoms with E-state index >= 15 is 0 Å². The van der Waals surface area contributed by atoms with Crippen LogP contribution in [0.25, 0.3) is 22.8 Å². The number of hydrogen-bond donors (Lipinski definition) is 2. The number of aryl methyl sites for hydroxylation is 1. The number of nitrogens with zero attached hydrogens (tertiary/aromatic N) is 2. The number of ether oxygens (including phenoxy) is 1. The molecule has 1 aromatic heterocycles. The highest BCUT2D eigenvalue weighted by atomic mass is 16.5. The van der Waals surface area contributed by atoms with Gasteiger partial charge in [-0.05, 0) is 43.3 Å². The highest BCUT2D eigenvalue weighted by Gasteiger charge is 2.15. The minimum atomic E-state index is -0.334. The zero-order valence-corrected chi connectivity index (χ0v) is 16.5.